The topological polar surface area (TPSA) is 95.5 Å². The molecule has 0 spiro atoms. The molecule has 0 aromatic carbocycles. The van der Waals surface area contributed by atoms with Gasteiger partial charge in [0, 0.05) is 12.5 Å². The molecule has 0 aromatic heterocycles. The first-order chi connectivity index (χ1) is 9.40. The number of carbonyl (C=O) groups excluding carboxylic acids is 2. The molecule has 6 nitrogen and oxygen atoms in total. The van der Waals surface area contributed by atoms with Crippen molar-refractivity contribution in [1.29, 1.82) is 0 Å². The summed E-state index contributed by atoms with van der Waals surface area (Å²) in [5.74, 6) is -1.23. The molecule has 3 N–H and O–H groups in total. The first-order valence-electron chi connectivity index (χ1n) is 7.17. The fraction of sp³-hybridized carbons (Fsp3) is 0.786. The van der Waals surface area contributed by atoms with Gasteiger partial charge < -0.3 is 15.7 Å². The molecule has 0 saturated heterocycles. The lowest BCUT2D eigenvalue weighted by Gasteiger charge is -2.25. The molecule has 0 heterocycles. The maximum Gasteiger partial charge on any atom is 0.306 e. The lowest BCUT2D eigenvalue weighted by molar-refractivity contribution is -0.144. The predicted molar refractivity (Wildman–Crippen MR) is 73.9 cm³/mol. The molecule has 0 unspecified atom stereocenters. The second-order valence-corrected chi connectivity index (χ2v) is 5.80. The Morgan fingerprint density at radius 2 is 1.60 bits per heavy atom. The number of hydrogen-bond donors (Lipinski definition) is 3. The Balaban J connectivity index is 2.23. The number of carbonyl (C=O) groups is 3. The number of aliphatic carboxylic acids is 1. The van der Waals surface area contributed by atoms with E-state index in [4.69, 9.17) is 5.11 Å². The molecule has 20 heavy (non-hydrogen) atoms. The van der Waals surface area contributed by atoms with Crippen LogP contribution >= 0.6 is 0 Å². The zero-order chi connectivity index (χ0) is 15.1. The lowest BCUT2D eigenvalue weighted by atomic mass is 9.81. The van der Waals surface area contributed by atoms with Crippen LogP contribution in [0.1, 0.15) is 39.5 Å². The van der Waals surface area contributed by atoms with E-state index in [2.05, 4.69) is 10.6 Å². The highest BCUT2D eigenvalue weighted by atomic mass is 16.4. The number of nitrogens with one attached hydrogen (secondary N) is 2. The largest absolute Gasteiger partial charge is 0.481 e. The summed E-state index contributed by atoms with van der Waals surface area (Å²) in [6.07, 6.45) is 2.23. The van der Waals surface area contributed by atoms with Crippen molar-refractivity contribution in [1.82, 2.24) is 10.6 Å². The summed E-state index contributed by atoms with van der Waals surface area (Å²) in [7, 11) is 0. The van der Waals surface area contributed by atoms with Gasteiger partial charge in [-0.15, -0.1) is 0 Å². The van der Waals surface area contributed by atoms with Crippen molar-refractivity contribution >= 4 is 17.8 Å². The second kappa shape index (κ2) is 7.87. The summed E-state index contributed by atoms with van der Waals surface area (Å²) in [4.78, 5) is 34.2. The molecule has 114 valence electrons. The summed E-state index contributed by atoms with van der Waals surface area (Å²) in [6, 6.07) is 0. The van der Waals surface area contributed by atoms with Gasteiger partial charge in [-0.1, -0.05) is 13.8 Å². The molecule has 1 aliphatic carbocycles. The third-order valence-corrected chi connectivity index (χ3v) is 3.58. The normalized spacial score (nSPS) is 22.4. The van der Waals surface area contributed by atoms with Crippen molar-refractivity contribution in [3.05, 3.63) is 0 Å². The van der Waals surface area contributed by atoms with Gasteiger partial charge in [-0.2, -0.15) is 0 Å². The van der Waals surface area contributed by atoms with Gasteiger partial charge >= 0.3 is 5.97 Å². The molecule has 1 aliphatic rings. The van der Waals surface area contributed by atoms with E-state index >= 15 is 0 Å². The van der Waals surface area contributed by atoms with Crippen LogP contribution < -0.4 is 10.6 Å². The monoisotopic (exact) mass is 284 g/mol. The van der Waals surface area contributed by atoms with Gasteiger partial charge in [0.2, 0.25) is 11.8 Å². The van der Waals surface area contributed by atoms with Crippen molar-refractivity contribution < 1.29 is 19.5 Å². The third kappa shape index (κ3) is 5.59. The van der Waals surface area contributed by atoms with Crippen LogP contribution in [-0.4, -0.2) is 36.0 Å². The Morgan fingerprint density at radius 1 is 1.05 bits per heavy atom. The summed E-state index contributed by atoms with van der Waals surface area (Å²) < 4.78 is 0. The first kappa shape index (κ1) is 16.5. The lowest BCUT2D eigenvalue weighted by Crippen LogP contribution is -2.41. The van der Waals surface area contributed by atoms with Crippen molar-refractivity contribution in [3.63, 3.8) is 0 Å². The summed E-state index contributed by atoms with van der Waals surface area (Å²) in [5, 5.41) is 14.2. The molecule has 0 bridgehead atoms. The van der Waals surface area contributed by atoms with E-state index in [1.54, 1.807) is 0 Å². The molecule has 0 aliphatic heterocycles. The molecule has 0 aromatic rings. The molecule has 1 rings (SSSR count). The van der Waals surface area contributed by atoms with Gasteiger partial charge in [0.15, 0.2) is 0 Å². The number of rotatable bonds is 6. The fourth-order valence-corrected chi connectivity index (χ4v) is 2.29. The number of amides is 2. The van der Waals surface area contributed by atoms with Gasteiger partial charge in [-0.25, -0.2) is 0 Å². The summed E-state index contributed by atoms with van der Waals surface area (Å²) in [5.41, 5.74) is 0. The summed E-state index contributed by atoms with van der Waals surface area (Å²) >= 11 is 0. The molecule has 0 radical (unpaired) electrons. The van der Waals surface area contributed by atoms with Crippen LogP contribution in [0, 0.1) is 17.8 Å². The van der Waals surface area contributed by atoms with Crippen LogP contribution in [0.4, 0.5) is 0 Å². The maximum absolute atomic E-state index is 11.9. The Morgan fingerprint density at radius 3 is 2.10 bits per heavy atom. The van der Waals surface area contributed by atoms with Crippen molar-refractivity contribution in [2.75, 3.05) is 13.1 Å². The van der Waals surface area contributed by atoms with Crippen molar-refractivity contribution in [2.45, 2.75) is 39.5 Å². The zero-order valence-electron chi connectivity index (χ0n) is 12.1. The fourth-order valence-electron chi connectivity index (χ4n) is 2.29. The summed E-state index contributed by atoms with van der Waals surface area (Å²) in [6.45, 7) is 4.59. The molecular formula is C14H24N2O4. The highest BCUT2D eigenvalue weighted by Crippen LogP contribution is 2.28. The maximum atomic E-state index is 11.9. The number of hydrogen-bond acceptors (Lipinski definition) is 3. The van der Waals surface area contributed by atoms with Crippen molar-refractivity contribution in [3.8, 4) is 0 Å². The Bertz CT molecular complexity index is 360. The minimum absolute atomic E-state index is 0.00951. The van der Waals surface area contributed by atoms with Crippen LogP contribution in [0.15, 0.2) is 0 Å². The molecule has 2 amide bonds. The van der Waals surface area contributed by atoms with Crippen LogP contribution in [0.25, 0.3) is 0 Å². The van der Waals surface area contributed by atoms with E-state index in [-0.39, 0.29) is 30.2 Å². The minimum Gasteiger partial charge on any atom is -0.481 e. The van der Waals surface area contributed by atoms with Gasteiger partial charge in [0.25, 0.3) is 0 Å². The van der Waals surface area contributed by atoms with Gasteiger partial charge in [0.1, 0.15) is 0 Å². The average molecular weight is 284 g/mol. The van der Waals surface area contributed by atoms with E-state index in [1.807, 2.05) is 13.8 Å². The Hall–Kier alpha value is -1.59. The Labute approximate surface area is 119 Å². The van der Waals surface area contributed by atoms with E-state index in [0.717, 1.165) is 0 Å². The van der Waals surface area contributed by atoms with Crippen LogP contribution in [-0.2, 0) is 14.4 Å². The minimum atomic E-state index is -0.781. The molecule has 1 saturated carbocycles. The molecule has 1 fully saturated rings. The van der Waals surface area contributed by atoms with Crippen LogP contribution in [0.2, 0.25) is 0 Å². The van der Waals surface area contributed by atoms with E-state index in [0.29, 0.717) is 38.1 Å². The van der Waals surface area contributed by atoms with E-state index in [1.165, 1.54) is 0 Å². The second-order valence-electron chi connectivity index (χ2n) is 5.80. The van der Waals surface area contributed by atoms with E-state index < -0.39 is 5.97 Å². The number of carboxylic acids is 1. The standard InChI is InChI=1S/C14H24N2O4/c1-9(2)7-15-12(17)8-16-13(18)10-3-5-11(6-4-10)14(19)20/h9-11H,3-8H2,1-2H3,(H,15,17)(H,16,18)(H,19,20). The molecule has 6 heteroatoms. The van der Waals surface area contributed by atoms with Crippen molar-refractivity contribution in [2.24, 2.45) is 17.8 Å². The number of carboxylic acid groups (broad SMARTS) is 1. The SMILES string of the molecule is CC(C)CNC(=O)CNC(=O)C1CCC(C(=O)O)CC1. The van der Waals surface area contributed by atoms with Gasteiger partial charge in [-0.05, 0) is 31.6 Å². The first-order valence-corrected chi connectivity index (χ1v) is 7.17. The predicted octanol–water partition coefficient (Wildman–Crippen LogP) is 0.766. The highest BCUT2D eigenvalue weighted by Gasteiger charge is 2.29. The Kier molecular flexibility index (Phi) is 6.48. The van der Waals surface area contributed by atoms with Gasteiger partial charge in [0.05, 0.1) is 12.5 Å². The third-order valence-electron chi connectivity index (χ3n) is 3.58. The average Bonchev–Trinajstić information content (AvgIpc) is 2.42. The van der Waals surface area contributed by atoms with E-state index in [9.17, 15) is 14.4 Å². The smallest absolute Gasteiger partial charge is 0.306 e. The highest BCUT2D eigenvalue weighted by molar-refractivity contribution is 5.86. The van der Waals surface area contributed by atoms with Crippen LogP contribution in [0.3, 0.4) is 0 Å². The molecule has 0 atom stereocenters. The zero-order valence-corrected chi connectivity index (χ0v) is 12.1. The van der Waals surface area contributed by atoms with Crippen LogP contribution in [0.5, 0.6) is 0 Å². The quantitative estimate of drug-likeness (QED) is 0.671. The van der Waals surface area contributed by atoms with Gasteiger partial charge in [-0.3, -0.25) is 14.4 Å². The molecular weight excluding hydrogens is 260 g/mol.